The standard InChI is InChI=1S/C21H23N3O4S/c1-3-24(4-2)29(26,27)19-9-7-17(8-10-19)21(25)23-14-16-12-18(15-22-13-16)20-6-5-11-28-20/h5-13,15H,3-4,14H2,1-2H3,(H,23,25). The predicted octanol–water partition coefficient (Wildman–Crippen LogP) is 3.30. The number of benzene rings is 1. The van der Waals surface area contributed by atoms with Crippen LogP contribution in [0.15, 0.2) is 70.4 Å². The normalized spacial score (nSPS) is 11.6. The van der Waals surface area contributed by atoms with Gasteiger partial charge in [0.25, 0.3) is 5.91 Å². The highest BCUT2D eigenvalue weighted by Crippen LogP contribution is 2.20. The molecule has 0 radical (unpaired) electrons. The van der Waals surface area contributed by atoms with Crippen LogP contribution in [-0.4, -0.2) is 36.7 Å². The molecular weight excluding hydrogens is 390 g/mol. The molecule has 0 fully saturated rings. The van der Waals surface area contributed by atoms with Gasteiger partial charge >= 0.3 is 0 Å². The summed E-state index contributed by atoms with van der Waals surface area (Å²) < 4.78 is 31.8. The van der Waals surface area contributed by atoms with Gasteiger partial charge < -0.3 is 9.73 Å². The third-order valence-electron chi connectivity index (χ3n) is 4.51. The van der Waals surface area contributed by atoms with Gasteiger partial charge in [-0.25, -0.2) is 8.42 Å². The van der Waals surface area contributed by atoms with Crippen molar-refractivity contribution in [2.75, 3.05) is 13.1 Å². The number of carbonyl (C=O) groups excluding carboxylic acids is 1. The van der Waals surface area contributed by atoms with E-state index in [9.17, 15) is 13.2 Å². The molecular formula is C21H23N3O4S. The summed E-state index contributed by atoms with van der Waals surface area (Å²) in [7, 11) is -3.54. The van der Waals surface area contributed by atoms with Gasteiger partial charge in [0.1, 0.15) is 5.76 Å². The Bertz CT molecular complexity index is 1060. The number of furan rings is 1. The number of hydrogen-bond acceptors (Lipinski definition) is 5. The number of hydrogen-bond donors (Lipinski definition) is 1. The first-order chi connectivity index (χ1) is 14.0. The van der Waals surface area contributed by atoms with Crippen LogP contribution in [0, 0.1) is 0 Å². The quantitative estimate of drug-likeness (QED) is 0.612. The number of amides is 1. The lowest BCUT2D eigenvalue weighted by atomic mass is 10.1. The molecule has 3 rings (SSSR count). The van der Waals surface area contributed by atoms with E-state index < -0.39 is 10.0 Å². The van der Waals surface area contributed by atoms with Gasteiger partial charge in [-0.15, -0.1) is 0 Å². The summed E-state index contributed by atoms with van der Waals surface area (Å²) in [6.07, 6.45) is 4.96. The zero-order valence-electron chi connectivity index (χ0n) is 16.3. The van der Waals surface area contributed by atoms with Crippen LogP contribution in [0.4, 0.5) is 0 Å². The average molecular weight is 413 g/mol. The van der Waals surface area contributed by atoms with Gasteiger partial charge in [0.2, 0.25) is 10.0 Å². The first-order valence-electron chi connectivity index (χ1n) is 9.32. The fourth-order valence-corrected chi connectivity index (χ4v) is 4.40. The lowest BCUT2D eigenvalue weighted by Crippen LogP contribution is -2.30. The monoisotopic (exact) mass is 413 g/mol. The maximum absolute atomic E-state index is 12.5. The van der Waals surface area contributed by atoms with E-state index in [-0.39, 0.29) is 10.8 Å². The van der Waals surface area contributed by atoms with Crippen LogP contribution in [0.5, 0.6) is 0 Å². The molecule has 0 spiro atoms. The van der Waals surface area contributed by atoms with Crippen molar-refractivity contribution in [3.8, 4) is 11.3 Å². The van der Waals surface area contributed by atoms with Crippen LogP contribution in [0.2, 0.25) is 0 Å². The zero-order chi connectivity index (χ0) is 20.9. The minimum Gasteiger partial charge on any atom is -0.464 e. The van der Waals surface area contributed by atoms with Gasteiger partial charge in [-0.05, 0) is 48.0 Å². The van der Waals surface area contributed by atoms with E-state index in [1.54, 1.807) is 38.6 Å². The second kappa shape index (κ2) is 9.02. The predicted molar refractivity (Wildman–Crippen MR) is 110 cm³/mol. The van der Waals surface area contributed by atoms with Crippen molar-refractivity contribution in [3.63, 3.8) is 0 Å². The van der Waals surface area contributed by atoms with Crippen molar-refractivity contribution in [3.05, 3.63) is 72.2 Å². The number of pyridine rings is 1. The molecule has 1 N–H and O–H groups in total. The van der Waals surface area contributed by atoms with Crippen LogP contribution >= 0.6 is 0 Å². The van der Waals surface area contributed by atoms with Crippen molar-refractivity contribution in [2.45, 2.75) is 25.3 Å². The molecule has 1 aromatic carbocycles. The van der Waals surface area contributed by atoms with Crippen LogP contribution in [0.1, 0.15) is 29.8 Å². The number of sulfonamides is 1. The van der Waals surface area contributed by atoms with Crippen LogP contribution in [0.3, 0.4) is 0 Å². The number of aromatic nitrogens is 1. The fraction of sp³-hybridized carbons (Fsp3) is 0.238. The largest absolute Gasteiger partial charge is 0.464 e. The Morgan fingerprint density at radius 2 is 1.83 bits per heavy atom. The zero-order valence-corrected chi connectivity index (χ0v) is 17.1. The van der Waals surface area contributed by atoms with Gasteiger partial charge in [0.05, 0.1) is 11.2 Å². The molecule has 0 bridgehead atoms. The van der Waals surface area contributed by atoms with Crippen LogP contribution in [-0.2, 0) is 16.6 Å². The van der Waals surface area contributed by atoms with Gasteiger partial charge in [-0.2, -0.15) is 4.31 Å². The summed E-state index contributed by atoms with van der Waals surface area (Å²) in [5, 5.41) is 2.82. The van der Waals surface area contributed by atoms with E-state index in [0.717, 1.165) is 11.1 Å². The van der Waals surface area contributed by atoms with Gasteiger partial charge in [-0.1, -0.05) is 13.8 Å². The highest BCUT2D eigenvalue weighted by molar-refractivity contribution is 7.89. The third kappa shape index (κ3) is 4.72. The number of nitrogens with one attached hydrogen (secondary N) is 1. The molecule has 8 heteroatoms. The lowest BCUT2D eigenvalue weighted by molar-refractivity contribution is 0.0950. The Hall–Kier alpha value is -2.97. The second-order valence-electron chi connectivity index (χ2n) is 6.36. The van der Waals surface area contributed by atoms with E-state index in [2.05, 4.69) is 10.3 Å². The maximum atomic E-state index is 12.5. The highest BCUT2D eigenvalue weighted by atomic mass is 32.2. The van der Waals surface area contributed by atoms with Crippen molar-refractivity contribution < 1.29 is 17.6 Å². The minimum absolute atomic E-state index is 0.174. The Morgan fingerprint density at radius 3 is 2.45 bits per heavy atom. The van der Waals surface area contributed by atoms with Crippen molar-refractivity contribution >= 4 is 15.9 Å². The molecule has 0 aliphatic rings. The molecule has 0 atom stereocenters. The smallest absolute Gasteiger partial charge is 0.251 e. The number of rotatable bonds is 8. The molecule has 1 amide bonds. The van der Waals surface area contributed by atoms with E-state index in [0.29, 0.717) is 31.0 Å². The molecule has 2 heterocycles. The molecule has 29 heavy (non-hydrogen) atoms. The molecule has 3 aromatic rings. The summed E-state index contributed by atoms with van der Waals surface area (Å²) in [5.41, 5.74) is 2.04. The van der Waals surface area contributed by atoms with E-state index in [4.69, 9.17) is 4.42 Å². The van der Waals surface area contributed by atoms with E-state index in [1.165, 1.54) is 28.6 Å². The van der Waals surface area contributed by atoms with Crippen LogP contribution in [0.25, 0.3) is 11.3 Å². The minimum atomic E-state index is -3.54. The average Bonchev–Trinajstić information content (AvgIpc) is 3.28. The molecule has 0 saturated carbocycles. The Kier molecular flexibility index (Phi) is 6.46. The lowest BCUT2D eigenvalue weighted by Gasteiger charge is -2.18. The SMILES string of the molecule is CCN(CC)S(=O)(=O)c1ccc(C(=O)NCc2cncc(-c3ccco3)c2)cc1. The number of carbonyl (C=O) groups is 1. The Labute approximate surface area is 170 Å². The Balaban J connectivity index is 1.67. The van der Waals surface area contributed by atoms with Crippen molar-refractivity contribution in [2.24, 2.45) is 0 Å². The third-order valence-corrected chi connectivity index (χ3v) is 6.58. The first kappa shape index (κ1) is 20.8. The molecule has 2 aromatic heterocycles. The molecule has 7 nitrogen and oxygen atoms in total. The Morgan fingerprint density at radius 1 is 1.10 bits per heavy atom. The van der Waals surface area contributed by atoms with Crippen LogP contribution < -0.4 is 5.32 Å². The number of nitrogens with zero attached hydrogens (tertiary/aromatic N) is 2. The topological polar surface area (TPSA) is 92.5 Å². The first-order valence-corrected chi connectivity index (χ1v) is 10.8. The van der Waals surface area contributed by atoms with Gasteiger partial charge in [0.15, 0.2) is 0 Å². The molecule has 0 saturated heterocycles. The summed E-state index contributed by atoms with van der Waals surface area (Å²) in [5.74, 6) is 0.413. The summed E-state index contributed by atoms with van der Waals surface area (Å²) in [6, 6.07) is 11.5. The summed E-state index contributed by atoms with van der Waals surface area (Å²) in [6.45, 7) is 4.66. The van der Waals surface area contributed by atoms with Gasteiger partial charge in [-0.3, -0.25) is 9.78 Å². The summed E-state index contributed by atoms with van der Waals surface area (Å²) in [4.78, 5) is 16.8. The molecule has 0 aliphatic carbocycles. The maximum Gasteiger partial charge on any atom is 0.251 e. The van der Waals surface area contributed by atoms with E-state index >= 15 is 0 Å². The molecule has 152 valence electrons. The summed E-state index contributed by atoms with van der Waals surface area (Å²) >= 11 is 0. The van der Waals surface area contributed by atoms with Crippen molar-refractivity contribution in [1.82, 2.24) is 14.6 Å². The fourth-order valence-electron chi connectivity index (χ4n) is 2.94. The molecule has 0 unspecified atom stereocenters. The second-order valence-corrected chi connectivity index (χ2v) is 8.29. The van der Waals surface area contributed by atoms with E-state index in [1.807, 2.05) is 12.1 Å². The van der Waals surface area contributed by atoms with Gasteiger partial charge in [0, 0.05) is 43.2 Å². The van der Waals surface area contributed by atoms with Crippen molar-refractivity contribution in [1.29, 1.82) is 0 Å². The highest BCUT2D eigenvalue weighted by Gasteiger charge is 2.21. The molecule has 0 aliphatic heterocycles.